The van der Waals surface area contributed by atoms with Crippen molar-refractivity contribution >= 4 is 5.91 Å². The number of hydrogen-bond acceptors (Lipinski definition) is 4. The predicted molar refractivity (Wildman–Crippen MR) is 84.1 cm³/mol. The minimum atomic E-state index is 0.133. The van der Waals surface area contributed by atoms with E-state index >= 15 is 0 Å². The SMILES string of the molecule is COc1cc(CN2CCC(C(=O)NC3CC3)C2)cc(OC)c1. The third-order valence-electron chi connectivity index (χ3n) is 4.38. The van der Waals surface area contributed by atoms with E-state index in [1.165, 1.54) is 0 Å². The first-order chi connectivity index (χ1) is 10.7. The third kappa shape index (κ3) is 3.71. The molecule has 1 aliphatic heterocycles. The van der Waals surface area contributed by atoms with Gasteiger partial charge in [-0.3, -0.25) is 9.69 Å². The van der Waals surface area contributed by atoms with Crippen molar-refractivity contribution in [2.75, 3.05) is 27.3 Å². The van der Waals surface area contributed by atoms with Gasteiger partial charge in [0.1, 0.15) is 11.5 Å². The number of carbonyl (C=O) groups excluding carboxylic acids is 1. The van der Waals surface area contributed by atoms with Crippen molar-refractivity contribution < 1.29 is 14.3 Å². The lowest BCUT2D eigenvalue weighted by atomic mass is 10.1. The summed E-state index contributed by atoms with van der Waals surface area (Å²) in [5.74, 6) is 1.97. The average Bonchev–Trinajstić information content (AvgIpc) is 3.22. The number of methoxy groups -OCH3 is 2. The summed E-state index contributed by atoms with van der Waals surface area (Å²) < 4.78 is 10.6. The van der Waals surface area contributed by atoms with E-state index in [0.29, 0.717) is 6.04 Å². The van der Waals surface area contributed by atoms with Crippen molar-refractivity contribution in [2.45, 2.75) is 31.8 Å². The number of hydrogen-bond donors (Lipinski definition) is 1. The molecule has 1 amide bonds. The molecule has 1 N–H and O–H groups in total. The van der Waals surface area contributed by atoms with Crippen LogP contribution in [0.4, 0.5) is 0 Å². The summed E-state index contributed by atoms with van der Waals surface area (Å²) in [6.45, 7) is 2.61. The molecule has 5 nitrogen and oxygen atoms in total. The number of benzene rings is 1. The molecule has 3 rings (SSSR count). The molecule has 22 heavy (non-hydrogen) atoms. The molecule has 1 saturated carbocycles. The highest BCUT2D eigenvalue weighted by Gasteiger charge is 2.32. The van der Waals surface area contributed by atoms with Crippen LogP contribution < -0.4 is 14.8 Å². The molecular weight excluding hydrogens is 280 g/mol. The second kappa shape index (κ2) is 6.57. The summed E-state index contributed by atoms with van der Waals surface area (Å²) in [6, 6.07) is 6.38. The molecule has 1 aliphatic carbocycles. The van der Waals surface area contributed by atoms with E-state index in [4.69, 9.17) is 9.47 Å². The molecule has 1 aromatic rings. The summed E-state index contributed by atoms with van der Waals surface area (Å²) in [7, 11) is 3.32. The predicted octanol–water partition coefficient (Wildman–Crippen LogP) is 1.80. The topological polar surface area (TPSA) is 50.8 Å². The largest absolute Gasteiger partial charge is 0.497 e. The fraction of sp³-hybridized carbons (Fsp3) is 0.588. The molecule has 120 valence electrons. The highest BCUT2D eigenvalue weighted by atomic mass is 16.5. The number of amides is 1. The van der Waals surface area contributed by atoms with Gasteiger partial charge >= 0.3 is 0 Å². The Bertz CT molecular complexity index is 520. The Morgan fingerprint density at radius 2 is 1.86 bits per heavy atom. The first-order valence-corrected chi connectivity index (χ1v) is 7.92. The molecule has 5 heteroatoms. The van der Waals surface area contributed by atoms with Gasteiger partial charge in [-0.15, -0.1) is 0 Å². The number of nitrogens with zero attached hydrogens (tertiary/aromatic N) is 1. The van der Waals surface area contributed by atoms with Crippen molar-refractivity contribution in [1.82, 2.24) is 10.2 Å². The Morgan fingerprint density at radius 1 is 1.18 bits per heavy atom. The molecule has 1 heterocycles. The first kappa shape index (κ1) is 15.2. The molecule has 2 fully saturated rings. The summed E-state index contributed by atoms with van der Waals surface area (Å²) in [6.07, 6.45) is 3.23. The Balaban J connectivity index is 1.58. The highest BCUT2D eigenvalue weighted by molar-refractivity contribution is 5.79. The van der Waals surface area contributed by atoms with Crippen molar-refractivity contribution in [2.24, 2.45) is 5.92 Å². The minimum Gasteiger partial charge on any atom is -0.497 e. The van der Waals surface area contributed by atoms with Gasteiger partial charge in [-0.1, -0.05) is 0 Å². The minimum absolute atomic E-state index is 0.133. The summed E-state index contributed by atoms with van der Waals surface area (Å²) >= 11 is 0. The molecular formula is C17H24N2O3. The Kier molecular flexibility index (Phi) is 4.52. The normalized spacial score (nSPS) is 21.6. The summed E-state index contributed by atoms with van der Waals surface area (Å²) in [5, 5.41) is 3.11. The lowest BCUT2D eigenvalue weighted by Gasteiger charge is -2.17. The Labute approximate surface area is 131 Å². The van der Waals surface area contributed by atoms with Crippen molar-refractivity contribution in [3.63, 3.8) is 0 Å². The smallest absolute Gasteiger partial charge is 0.224 e. The van der Waals surface area contributed by atoms with E-state index in [9.17, 15) is 4.79 Å². The summed E-state index contributed by atoms with van der Waals surface area (Å²) in [5.41, 5.74) is 1.15. The van der Waals surface area contributed by atoms with Crippen LogP contribution in [0.25, 0.3) is 0 Å². The second-order valence-electron chi connectivity index (χ2n) is 6.22. The quantitative estimate of drug-likeness (QED) is 0.871. The lowest BCUT2D eigenvalue weighted by Crippen LogP contribution is -2.34. The van der Waals surface area contributed by atoms with E-state index in [2.05, 4.69) is 10.2 Å². The van der Waals surface area contributed by atoms with Gasteiger partial charge < -0.3 is 14.8 Å². The second-order valence-corrected chi connectivity index (χ2v) is 6.22. The number of likely N-dealkylation sites (tertiary alicyclic amines) is 1. The van der Waals surface area contributed by atoms with Gasteiger partial charge in [0.15, 0.2) is 0 Å². The zero-order valence-electron chi connectivity index (χ0n) is 13.3. The molecule has 0 bridgehead atoms. The van der Waals surface area contributed by atoms with Crippen LogP contribution in [0.15, 0.2) is 18.2 Å². The van der Waals surface area contributed by atoms with E-state index in [-0.39, 0.29) is 11.8 Å². The van der Waals surface area contributed by atoms with Crippen molar-refractivity contribution in [3.05, 3.63) is 23.8 Å². The first-order valence-electron chi connectivity index (χ1n) is 7.92. The zero-order valence-corrected chi connectivity index (χ0v) is 13.3. The van der Waals surface area contributed by atoms with E-state index < -0.39 is 0 Å². The van der Waals surface area contributed by atoms with Crippen LogP contribution in [0, 0.1) is 5.92 Å². The van der Waals surface area contributed by atoms with Crippen LogP contribution in [-0.4, -0.2) is 44.2 Å². The maximum Gasteiger partial charge on any atom is 0.224 e. The van der Waals surface area contributed by atoms with Gasteiger partial charge in [0.2, 0.25) is 5.91 Å². The fourth-order valence-corrected chi connectivity index (χ4v) is 2.95. The standard InChI is InChI=1S/C17H24N2O3/c1-21-15-7-12(8-16(9-15)22-2)10-19-6-5-13(11-19)17(20)18-14-3-4-14/h7-9,13-14H,3-6,10-11H2,1-2H3,(H,18,20). The van der Waals surface area contributed by atoms with Crippen molar-refractivity contribution in [1.29, 1.82) is 0 Å². The van der Waals surface area contributed by atoms with Gasteiger partial charge in [-0.05, 0) is 43.5 Å². The van der Waals surface area contributed by atoms with Crippen molar-refractivity contribution in [3.8, 4) is 11.5 Å². The molecule has 0 radical (unpaired) electrons. The number of nitrogens with one attached hydrogen (secondary N) is 1. The molecule has 1 saturated heterocycles. The average molecular weight is 304 g/mol. The van der Waals surface area contributed by atoms with Crippen LogP contribution in [0.5, 0.6) is 11.5 Å². The third-order valence-corrected chi connectivity index (χ3v) is 4.38. The molecule has 0 spiro atoms. The number of carbonyl (C=O) groups is 1. The van der Waals surface area contributed by atoms with Gasteiger partial charge in [0.05, 0.1) is 20.1 Å². The maximum absolute atomic E-state index is 12.1. The monoisotopic (exact) mass is 304 g/mol. The van der Waals surface area contributed by atoms with Crippen LogP contribution in [-0.2, 0) is 11.3 Å². The van der Waals surface area contributed by atoms with Gasteiger partial charge in [-0.2, -0.15) is 0 Å². The molecule has 2 aliphatic rings. The zero-order chi connectivity index (χ0) is 15.5. The van der Waals surface area contributed by atoms with E-state index in [1.54, 1.807) is 14.2 Å². The molecule has 0 aromatic heterocycles. The van der Waals surface area contributed by atoms with Gasteiger partial charge in [0, 0.05) is 25.2 Å². The summed E-state index contributed by atoms with van der Waals surface area (Å²) in [4.78, 5) is 14.4. The van der Waals surface area contributed by atoms with Gasteiger partial charge in [-0.25, -0.2) is 0 Å². The number of ether oxygens (including phenoxy) is 2. The highest BCUT2D eigenvalue weighted by Crippen LogP contribution is 2.26. The van der Waals surface area contributed by atoms with Gasteiger partial charge in [0.25, 0.3) is 0 Å². The van der Waals surface area contributed by atoms with Crippen LogP contribution >= 0.6 is 0 Å². The van der Waals surface area contributed by atoms with E-state index in [0.717, 1.165) is 56.0 Å². The van der Waals surface area contributed by atoms with E-state index in [1.807, 2.05) is 18.2 Å². The van der Waals surface area contributed by atoms with Crippen LogP contribution in [0.2, 0.25) is 0 Å². The Morgan fingerprint density at radius 3 is 2.45 bits per heavy atom. The lowest BCUT2D eigenvalue weighted by molar-refractivity contribution is -0.124. The van der Waals surface area contributed by atoms with Crippen LogP contribution in [0.3, 0.4) is 0 Å². The molecule has 1 atom stereocenters. The number of rotatable bonds is 6. The Hall–Kier alpha value is -1.75. The molecule has 1 unspecified atom stereocenters. The molecule has 1 aromatic carbocycles. The van der Waals surface area contributed by atoms with Crippen LogP contribution in [0.1, 0.15) is 24.8 Å². The fourth-order valence-electron chi connectivity index (χ4n) is 2.95. The maximum atomic E-state index is 12.1.